The van der Waals surface area contributed by atoms with Crippen molar-refractivity contribution in [1.82, 2.24) is 9.97 Å². The molecule has 5 heteroatoms. The monoisotopic (exact) mass is 266 g/mol. The van der Waals surface area contributed by atoms with E-state index in [1.807, 2.05) is 20.9 Å². The molecule has 2 N–H and O–H groups in total. The first-order valence-corrected chi connectivity index (χ1v) is 6.99. The van der Waals surface area contributed by atoms with E-state index in [-0.39, 0.29) is 6.61 Å². The van der Waals surface area contributed by atoms with Gasteiger partial charge in [-0.25, -0.2) is 9.97 Å². The van der Waals surface area contributed by atoms with Crippen LogP contribution in [0.3, 0.4) is 0 Å². The van der Waals surface area contributed by atoms with Gasteiger partial charge >= 0.3 is 0 Å². The van der Waals surface area contributed by atoms with Crippen LogP contribution in [0.4, 0.5) is 11.6 Å². The smallest absolute Gasteiger partial charge is 0.137 e. The molecule has 0 aliphatic carbocycles. The lowest BCUT2D eigenvalue weighted by Gasteiger charge is -2.32. The third kappa shape index (κ3) is 3.56. The molecule has 0 bridgehead atoms. The summed E-state index contributed by atoms with van der Waals surface area (Å²) < 4.78 is 0. The molecule has 0 aliphatic heterocycles. The first kappa shape index (κ1) is 15.7. The average Bonchev–Trinajstić information content (AvgIpc) is 2.41. The lowest BCUT2D eigenvalue weighted by atomic mass is 10.1. The van der Waals surface area contributed by atoms with Gasteiger partial charge in [-0.3, -0.25) is 0 Å². The minimum atomic E-state index is 0.133. The highest BCUT2D eigenvalue weighted by molar-refractivity contribution is 5.58. The number of nitrogens with one attached hydrogen (secondary N) is 1. The van der Waals surface area contributed by atoms with Gasteiger partial charge in [-0.2, -0.15) is 0 Å². The molecule has 0 saturated carbocycles. The van der Waals surface area contributed by atoms with E-state index in [1.165, 1.54) is 0 Å². The second-order valence-corrected chi connectivity index (χ2v) is 4.71. The second kappa shape index (κ2) is 7.28. The normalized spacial score (nSPS) is 10.9. The molecule has 0 aromatic carbocycles. The molecule has 0 fully saturated rings. The molecular weight excluding hydrogens is 240 g/mol. The molecule has 0 atom stereocenters. The van der Waals surface area contributed by atoms with Gasteiger partial charge in [0.25, 0.3) is 0 Å². The SMILES string of the molecule is CCC(CC)N(CCO)c1nc(C)nc(NC)c1C. The summed E-state index contributed by atoms with van der Waals surface area (Å²) in [5.74, 6) is 2.54. The Hall–Kier alpha value is -1.36. The lowest BCUT2D eigenvalue weighted by molar-refractivity contribution is 0.295. The van der Waals surface area contributed by atoms with Gasteiger partial charge in [0.15, 0.2) is 0 Å². The molecule has 0 aliphatic rings. The largest absolute Gasteiger partial charge is 0.395 e. The number of rotatable bonds is 7. The Morgan fingerprint density at radius 1 is 1.21 bits per heavy atom. The number of anilines is 2. The minimum Gasteiger partial charge on any atom is -0.395 e. The lowest BCUT2D eigenvalue weighted by Crippen LogP contribution is -2.38. The van der Waals surface area contributed by atoms with Gasteiger partial charge in [-0.05, 0) is 26.7 Å². The Kier molecular flexibility index (Phi) is 6.02. The fraction of sp³-hybridized carbons (Fsp3) is 0.714. The van der Waals surface area contributed by atoms with Crippen molar-refractivity contribution >= 4 is 11.6 Å². The predicted molar refractivity (Wildman–Crippen MR) is 79.9 cm³/mol. The molecular formula is C14H26N4O. The molecule has 0 spiro atoms. The zero-order valence-corrected chi connectivity index (χ0v) is 12.7. The number of hydrogen-bond donors (Lipinski definition) is 2. The zero-order valence-electron chi connectivity index (χ0n) is 12.7. The maximum absolute atomic E-state index is 9.32. The van der Waals surface area contributed by atoms with Gasteiger partial charge in [0, 0.05) is 25.2 Å². The van der Waals surface area contributed by atoms with E-state index < -0.39 is 0 Å². The topological polar surface area (TPSA) is 61.3 Å². The van der Waals surface area contributed by atoms with E-state index in [0.29, 0.717) is 12.6 Å². The summed E-state index contributed by atoms with van der Waals surface area (Å²) in [4.78, 5) is 11.2. The van der Waals surface area contributed by atoms with Crippen LogP contribution in [-0.2, 0) is 0 Å². The van der Waals surface area contributed by atoms with Crippen LogP contribution in [0.25, 0.3) is 0 Å². The predicted octanol–water partition coefficient (Wildman–Crippen LogP) is 2.12. The van der Waals surface area contributed by atoms with Crippen molar-refractivity contribution in [3.05, 3.63) is 11.4 Å². The summed E-state index contributed by atoms with van der Waals surface area (Å²) >= 11 is 0. The first-order chi connectivity index (χ1) is 9.08. The van der Waals surface area contributed by atoms with Crippen LogP contribution in [0.5, 0.6) is 0 Å². The van der Waals surface area contributed by atoms with E-state index in [9.17, 15) is 5.11 Å². The van der Waals surface area contributed by atoms with Crippen molar-refractivity contribution in [2.24, 2.45) is 0 Å². The van der Waals surface area contributed by atoms with E-state index >= 15 is 0 Å². The summed E-state index contributed by atoms with van der Waals surface area (Å²) in [5, 5.41) is 12.4. The third-order valence-corrected chi connectivity index (χ3v) is 3.46. The van der Waals surface area contributed by atoms with Gasteiger partial charge < -0.3 is 15.3 Å². The van der Waals surface area contributed by atoms with Crippen LogP contribution in [0.2, 0.25) is 0 Å². The van der Waals surface area contributed by atoms with E-state index in [0.717, 1.165) is 35.9 Å². The number of aryl methyl sites for hydroxylation is 1. The van der Waals surface area contributed by atoms with Crippen LogP contribution < -0.4 is 10.2 Å². The van der Waals surface area contributed by atoms with Crippen molar-refractivity contribution in [2.75, 3.05) is 30.4 Å². The average molecular weight is 266 g/mol. The standard InChI is InChI=1S/C14H26N4O/c1-6-12(7-2)18(8-9-19)14-10(3)13(15-5)16-11(4)17-14/h12,19H,6-9H2,1-5H3,(H,15,16,17). The molecule has 1 heterocycles. The van der Waals surface area contributed by atoms with Crippen molar-refractivity contribution in [1.29, 1.82) is 0 Å². The summed E-state index contributed by atoms with van der Waals surface area (Å²) in [5.41, 5.74) is 1.04. The highest BCUT2D eigenvalue weighted by Gasteiger charge is 2.20. The maximum Gasteiger partial charge on any atom is 0.137 e. The summed E-state index contributed by atoms with van der Waals surface area (Å²) in [6.45, 7) is 8.99. The van der Waals surface area contributed by atoms with E-state index in [2.05, 4.69) is 34.0 Å². The highest BCUT2D eigenvalue weighted by atomic mass is 16.3. The molecule has 0 unspecified atom stereocenters. The summed E-state index contributed by atoms with van der Waals surface area (Å²) in [6.07, 6.45) is 2.07. The molecule has 5 nitrogen and oxygen atoms in total. The fourth-order valence-corrected chi connectivity index (χ4v) is 2.44. The number of nitrogens with zero attached hydrogens (tertiary/aromatic N) is 3. The van der Waals surface area contributed by atoms with Crippen LogP contribution in [0.1, 0.15) is 38.1 Å². The first-order valence-electron chi connectivity index (χ1n) is 6.99. The van der Waals surface area contributed by atoms with Crippen molar-refractivity contribution < 1.29 is 5.11 Å². The number of aliphatic hydroxyl groups excluding tert-OH is 1. The fourth-order valence-electron chi connectivity index (χ4n) is 2.44. The molecule has 0 amide bonds. The van der Waals surface area contributed by atoms with Crippen LogP contribution in [0, 0.1) is 13.8 Å². The molecule has 108 valence electrons. The molecule has 0 radical (unpaired) electrons. The van der Waals surface area contributed by atoms with Crippen molar-refractivity contribution in [2.45, 2.75) is 46.6 Å². The van der Waals surface area contributed by atoms with Crippen LogP contribution >= 0.6 is 0 Å². The van der Waals surface area contributed by atoms with Gasteiger partial charge in [-0.1, -0.05) is 13.8 Å². The number of hydrogen-bond acceptors (Lipinski definition) is 5. The Morgan fingerprint density at radius 3 is 2.32 bits per heavy atom. The quantitative estimate of drug-likeness (QED) is 0.791. The second-order valence-electron chi connectivity index (χ2n) is 4.71. The Balaban J connectivity index is 3.25. The van der Waals surface area contributed by atoms with E-state index in [1.54, 1.807) is 0 Å². The van der Waals surface area contributed by atoms with Gasteiger partial charge in [0.1, 0.15) is 17.5 Å². The van der Waals surface area contributed by atoms with Gasteiger partial charge in [-0.15, -0.1) is 0 Å². The maximum atomic E-state index is 9.32. The van der Waals surface area contributed by atoms with Gasteiger partial charge in [0.05, 0.1) is 6.61 Å². The van der Waals surface area contributed by atoms with E-state index in [4.69, 9.17) is 0 Å². The third-order valence-electron chi connectivity index (χ3n) is 3.46. The Labute approximate surface area is 116 Å². The van der Waals surface area contributed by atoms with Crippen LogP contribution in [-0.4, -0.2) is 41.3 Å². The molecule has 0 saturated heterocycles. The zero-order chi connectivity index (χ0) is 14.4. The van der Waals surface area contributed by atoms with Crippen molar-refractivity contribution in [3.63, 3.8) is 0 Å². The Morgan fingerprint density at radius 2 is 1.84 bits per heavy atom. The number of aliphatic hydroxyl groups is 1. The van der Waals surface area contributed by atoms with Crippen molar-refractivity contribution in [3.8, 4) is 0 Å². The summed E-state index contributed by atoms with van der Waals surface area (Å²) in [7, 11) is 1.87. The molecule has 1 aromatic heterocycles. The molecule has 19 heavy (non-hydrogen) atoms. The van der Waals surface area contributed by atoms with Gasteiger partial charge in [0.2, 0.25) is 0 Å². The number of aromatic nitrogens is 2. The molecule has 1 aromatic rings. The Bertz CT molecular complexity index is 405. The van der Waals surface area contributed by atoms with Crippen LogP contribution in [0.15, 0.2) is 0 Å². The summed E-state index contributed by atoms with van der Waals surface area (Å²) in [6, 6.07) is 0.393. The highest BCUT2D eigenvalue weighted by Crippen LogP contribution is 2.26. The minimum absolute atomic E-state index is 0.133. The molecule has 1 rings (SSSR count).